The normalized spacial score (nSPS) is 18.0. The van der Waals surface area contributed by atoms with E-state index in [1.54, 1.807) is 17.8 Å². The largest absolute Gasteiger partial charge is 0.481 e. The molecule has 5 nitrogen and oxygen atoms in total. The van der Waals surface area contributed by atoms with Gasteiger partial charge in [-0.2, -0.15) is 11.8 Å². The van der Waals surface area contributed by atoms with Crippen molar-refractivity contribution in [3.8, 4) is 0 Å². The van der Waals surface area contributed by atoms with Gasteiger partial charge in [-0.05, 0) is 31.2 Å². The van der Waals surface area contributed by atoms with Gasteiger partial charge in [0.15, 0.2) is 0 Å². The number of sulfonamides is 1. The molecule has 0 aromatic carbocycles. The number of thioether (sulfide) groups is 1. The standard InChI is InChI=1S/C13H19NO4S3/c1-19-13(6-2-3-7-13)9-14-21(17,18)12-5-4-10(20-12)8-11(15)16/h4-5,14H,2-3,6-9H2,1H3,(H,15,16). The third-order valence-corrected chi connectivity index (χ3v) is 8.16. The second kappa shape index (κ2) is 6.68. The van der Waals surface area contributed by atoms with Crippen molar-refractivity contribution in [1.29, 1.82) is 0 Å². The van der Waals surface area contributed by atoms with E-state index < -0.39 is 16.0 Å². The fourth-order valence-corrected chi connectivity index (χ4v) is 6.04. The van der Waals surface area contributed by atoms with Crippen molar-refractivity contribution in [2.75, 3.05) is 12.8 Å². The summed E-state index contributed by atoms with van der Waals surface area (Å²) in [7, 11) is -3.55. The third kappa shape index (κ3) is 4.21. The maximum atomic E-state index is 12.3. The molecule has 1 aromatic rings. The molecule has 1 fully saturated rings. The molecule has 21 heavy (non-hydrogen) atoms. The predicted octanol–water partition coefficient (Wildman–Crippen LogP) is 2.33. The summed E-state index contributed by atoms with van der Waals surface area (Å²) in [5.41, 5.74) is 0. The van der Waals surface area contributed by atoms with Gasteiger partial charge in [-0.25, -0.2) is 13.1 Å². The Balaban J connectivity index is 2.04. The van der Waals surface area contributed by atoms with E-state index in [1.165, 1.54) is 6.07 Å². The van der Waals surface area contributed by atoms with Crippen LogP contribution in [0.25, 0.3) is 0 Å². The molecule has 2 N–H and O–H groups in total. The Bertz CT molecular complexity index is 603. The smallest absolute Gasteiger partial charge is 0.308 e. The molecule has 1 aromatic heterocycles. The Kier molecular flexibility index (Phi) is 5.34. The number of aliphatic carboxylic acids is 1. The maximum Gasteiger partial charge on any atom is 0.308 e. The fraction of sp³-hybridized carbons (Fsp3) is 0.615. The van der Waals surface area contributed by atoms with Gasteiger partial charge >= 0.3 is 5.97 Å². The summed E-state index contributed by atoms with van der Waals surface area (Å²) < 4.78 is 27.5. The zero-order valence-corrected chi connectivity index (χ0v) is 14.2. The van der Waals surface area contributed by atoms with E-state index in [4.69, 9.17) is 5.11 Å². The molecule has 0 amide bonds. The van der Waals surface area contributed by atoms with E-state index in [1.807, 2.05) is 6.26 Å². The first-order chi connectivity index (χ1) is 9.87. The minimum Gasteiger partial charge on any atom is -0.481 e. The van der Waals surface area contributed by atoms with Crippen LogP contribution in [-0.2, 0) is 21.2 Å². The second-order valence-electron chi connectivity index (χ2n) is 5.21. The van der Waals surface area contributed by atoms with Crippen LogP contribution in [0.15, 0.2) is 16.3 Å². The molecule has 118 valence electrons. The first kappa shape index (κ1) is 16.8. The summed E-state index contributed by atoms with van der Waals surface area (Å²) in [6.07, 6.45) is 6.23. The highest BCUT2D eigenvalue weighted by Gasteiger charge is 2.34. The number of nitrogens with one attached hydrogen (secondary N) is 1. The Morgan fingerprint density at radius 2 is 2.10 bits per heavy atom. The average Bonchev–Trinajstić information content (AvgIpc) is 3.06. The Morgan fingerprint density at radius 3 is 2.67 bits per heavy atom. The molecule has 0 radical (unpaired) electrons. The lowest BCUT2D eigenvalue weighted by atomic mass is 10.1. The highest BCUT2D eigenvalue weighted by atomic mass is 32.2. The van der Waals surface area contributed by atoms with Gasteiger partial charge in [-0.15, -0.1) is 11.3 Å². The van der Waals surface area contributed by atoms with Crippen molar-refractivity contribution in [1.82, 2.24) is 4.72 Å². The number of thiophene rings is 1. The second-order valence-corrected chi connectivity index (χ2v) is 9.65. The molecule has 1 aliphatic rings. The van der Waals surface area contributed by atoms with E-state index in [-0.39, 0.29) is 15.4 Å². The third-order valence-electron chi connectivity index (χ3n) is 3.76. The first-order valence-corrected chi connectivity index (χ1v) is 10.2. The van der Waals surface area contributed by atoms with Crippen LogP contribution in [-0.4, -0.2) is 37.0 Å². The highest BCUT2D eigenvalue weighted by molar-refractivity contribution is 8.00. The molecule has 0 unspecified atom stereocenters. The average molecular weight is 349 g/mol. The van der Waals surface area contributed by atoms with Crippen molar-refractivity contribution in [2.24, 2.45) is 0 Å². The lowest BCUT2D eigenvalue weighted by Crippen LogP contribution is -2.38. The fourth-order valence-electron chi connectivity index (χ4n) is 2.52. The van der Waals surface area contributed by atoms with Crippen LogP contribution in [0.4, 0.5) is 0 Å². The van der Waals surface area contributed by atoms with E-state index >= 15 is 0 Å². The molecule has 0 aliphatic heterocycles. The molecule has 8 heteroatoms. The van der Waals surface area contributed by atoms with Gasteiger partial charge in [0.1, 0.15) is 4.21 Å². The summed E-state index contributed by atoms with van der Waals surface area (Å²) in [5.74, 6) is -0.957. The molecule has 1 aliphatic carbocycles. The van der Waals surface area contributed by atoms with Crippen LogP contribution in [0.2, 0.25) is 0 Å². The summed E-state index contributed by atoms with van der Waals surface area (Å²) in [5, 5.41) is 8.73. The summed E-state index contributed by atoms with van der Waals surface area (Å²) >= 11 is 2.75. The van der Waals surface area contributed by atoms with Gasteiger partial charge in [0, 0.05) is 16.2 Å². The number of carboxylic acid groups (broad SMARTS) is 1. The number of rotatable bonds is 7. The molecule has 0 spiro atoms. The van der Waals surface area contributed by atoms with Crippen LogP contribution in [0.1, 0.15) is 30.6 Å². The minimum atomic E-state index is -3.55. The number of hydrogen-bond acceptors (Lipinski definition) is 5. The number of hydrogen-bond donors (Lipinski definition) is 2. The summed E-state index contributed by atoms with van der Waals surface area (Å²) in [6, 6.07) is 3.04. The summed E-state index contributed by atoms with van der Waals surface area (Å²) in [4.78, 5) is 11.2. The van der Waals surface area contributed by atoms with E-state index in [9.17, 15) is 13.2 Å². The SMILES string of the molecule is CSC1(CNS(=O)(=O)c2ccc(CC(=O)O)s2)CCCC1. The van der Waals surface area contributed by atoms with Gasteiger partial charge in [-0.1, -0.05) is 12.8 Å². The molecule has 2 rings (SSSR count). The lowest BCUT2D eigenvalue weighted by Gasteiger charge is -2.26. The lowest BCUT2D eigenvalue weighted by molar-refractivity contribution is -0.136. The number of carboxylic acids is 1. The predicted molar refractivity (Wildman–Crippen MR) is 85.6 cm³/mol. The van der Waals surface area contributed by atoms with Crippen LogP contribution in [0, 0.1) is 0 Å². The van der Waals surface area contributed by atoms with E-state index in [2.05, 4.69) is 4.72 Å². The summed E-state index contributed by atoms with van der Waals surface area (Å²) in [6.45, 7) is 0.433. The first-order valence-electron chi connectivity index (χ1n) is 6.72. The van der Waals surface area contributed by atoms with Crippen molar-refractivity contribution in [2.45, 2.75) is 41.1 Å². The van der Waals surface area contributed by atoms with Crippen LogP contribution in [0.5, 0.6) is 0 Å². The Hall–Kier alpha value is -0.570. The molecule has 0 saturated heterocycles. The molecule has 1 heterocycles. The van der Waals surface area contributed by atoms with E-state index in [0.29, 0.717) is 11.4 Å². The van der Waals surface area contributed by atoms with Crippen LogP contribution in [0.3, 0.4) is 0 Å². The molecule has 0 atom stereocenters. The maximum absolute atomic E-state index is 12.3. The molecule has 1 saturated carbocycles. The quantitative estimate of drug-likeness (QED) is 0.789. The van der Waals surface area contributed by atoms with Crippen LogP contribution >= 0.6 is 23.1 Å². The van der Waals surface area contributed by atoms with Crippen molar-refractivity contribution in [3.63, 3.8) is 0 Å². The minimum absolute atomic E-state index is 0.00816. The van der Waals surface area contributed by atoms with Gasteiger partial charge in [0.05, 0.1) is 6.42 Å². The van der Waals surface area contributed by atoms with Crippen molar-refractivity contribution >= 4 is 39.1 Å². The monoisotopic (exact) mass is 349 g/mol. The zero-order valence-electron chi connectivity index (χ0n) is 11.8. The van der Waals surface area contributed by atoms with E-state index in [0.717, 1.165) is 37.0 Å². The molecular formula is C13H19NO4S3. The number of carbonyl (C=O) groups is 1. The highest BCUT2D eigenvalue weighted by Crippen LogP contribution is 2.39. The Morgan fingerprint density at radius 1 is 1.43 bits per heavy atom. The van der Waals surface area contributed by atoms with Crippen molar-refractivity contribution < 1.29 is 18.3 Å². The van der Waals surface area contributed by atoms with Crippen molar-refractivity contribution in [3.05, 3.63) is 17.0 Å². The zero-order chi connectivity index (χ0) is 15.5. The Labute approximate surface area is 133 Å². The van der Waals surface area contributed by atoms with Gasteiger partial charge in [0.2, 0.25) is 10.0 Å². The van der Waals surface area contributed by atoms with Gasteiger partial charge < -0.3 is 5.11 Å². The van der Waals surface area contributed by atoms with Crippen LogP contribution < -0.4 is 4.72 Å². The topological polar surface area (TPSA) is 83.5 Å². The molecule has 0 bridgehead atoms. The van der Waals surface area contributed by atoms with Gasteiger partial charge in [-0.3, -0.25) is 4.79 Å². The molecular weight excluding hydrogens is 330 g/mol. The van der Waals surface area contributed by atoms with Gasteiger partial charge in [0.25, 0.3) is 0 Å².